The van der Waals surface area contributed by atoms with Gasteiger partial charge in [-0.2, -0.15) is 0 Å². The van der Waals surface area contributed by atoms with Crippen LogP contribution >= 0.6 is 0 Å². The molecule has 0 nitrogen and oxygen atoms in total. The molecule has 0 saturated carbocycles. The van der Waals surface area contributed by atoms with Gasteiger partial charge in [-0.3, -0.25) is 0 Å². The van der Waals surface area contributed by atoms with E-state index in [9.17, 15) is 0 Å². The lowest BCUT2D eigenvalue weighted by Crippen LogP contribution is -2.27. The van der Waals surface area contributed by atoms with E-state index in [0.717, 1.165) is 6.42 Å². The van der Waals surface area contributed by atoms with Gasteiger partial charge in [-0.1, -0.05) is 136 Å². The van der Waals surface area contributed by atoms with Crippen molar-refractivity contribution in [2.24, 2.45) is 11.8 Å². The van der Waals surface area contributed by atoms with Crippen molar-refractivity contribution < 1.29 is 0 Å². The molecule has 4 aromatic rings. The van der Waals surface area contributed by atoms with Gasteiger partial charge in [-0.25, -0.2) is 0 Å². The summed E-state index contributed by atoms with van der Waals surface area (Å²) < 4.78 is 0. The molecular weight excluding hydrogens is 516 g/mol. The van der Waals surface area contributed by atoms with Crippen molar-refractivity contribution in [3.63, 3.8) is 0 Å². The van der Waals surface area contributed by atoms with E-state index in [2.05, 4.69) is 149 Å². The predicted molar refractivity (Wildman–Crippen MR) is 184 cm³/mol. The van der Waals surface area contributed by atoms with Crippen LogP contribution in [0.2, 0.25) is 0 Å². The topological polar surface area (TPSA) is 0 Å². The van der Waals surface area contributed by atoms with E-state index in [1.165, 1.54) is 77.6 Å². The minimum absolute atomic E-state index is 0.324. The van der Waals surface area contributed by atoms with Gasteiger partial charge in [0.05, 0.1) is 0 Å². The average molecular weight is 553 g/mol. The molecule has 0 radical (unpaired) electrons. The predicted octanol–water partition coefficient (Wildman–Crippen LogP) is 11.2. The molecule has 4 aromatic carbocycles. The maximum atomic E-state index is 3.54. The van der Waals surface area contributed by atoms with Crippen LogP contribution in [0.4, 0.5) is 0 Å². The lowest BCUT2D eigenvalue weighted by Gasteiger charge is -2.41. The standard InChI is InChI=1S/C43H36/c1-26(2)36-18-16-30-17-19-38-40(27(3)4)25-41(39-21-20-37(36)42(30)43(38)39)34-15-12-29-11-14-33(23-35(29)24-34)32-13-10-28-8-6-5-7-9-31(28)22-32/h5-8,10-15,17,19-27,38,43H,9H2,1-4H3. The molecule has 43 heavy (non-hydrogen) atoms. The third-order valence-electron chi connectivity index (χ3n) is 9.85. The van der Waals surface area contributed by atoms with Crippen molar-refractivity contribution in [3.05, 3.63) is 153 Å². The van der Waals surface area contributed by atoms with Gasteiger partial charge in [-0.15, -0.1) is 0 Å². The summed E-state index contributed by atoms with van der Waals surface area (Å²) in [6, 6.07) is 27.9. The van der Waals surface area contributed by atoms with Crippen molar-refractivity contribution in [3.8, 4) is 11.1 Å². The summed E-state index contributed by atoms with van der Waals surface area (Å²) >= 11 is 0. The van der Waals surface area contributed by atoms with E-state index in [4.69, 9.17) is 0 Å². The van der Waals surface area contributed by atoms with Gasteiger partial charge in [0.25, 0.3) is 0 Å². The molecular formula is C43H36. The number of hydrogen-bond donors (Lipinski definition) is 0. The Morgan fingerprint density at radius 3 is 2.35 bits per heavy atom. The Morgan fingerprint density at radius 2 is 1.51 bits per heavy atom. The first-order chi connectivity index (χ1) is 21.0. The van der Waals surface area contributed by atoms with Crippen LogP contribution < -0.4 is 0 Å². The minimum atomic E-state index is 0.324. The summed E-state index contributed by atoms with van der Waals surface area (Å²) in [4.78, 5) is 0. The van der Waals surface area contributed by atoms with E-state index < -0.39 is 0 Å². The van der Waals surface area contributed by atoms with E-state index >= 15 is 0 Å². The molecule has 0 N–H and O–H groups in total. The van der Waals surface area contributed by atoms with Crippen molar-refractivity contribution >= 4 is 34.6 Å². The highest BCUT2D eigenvalue weighted by molar-refractivity contribution is 5.94. The summed E-state index contributed by atoms with van der Waals surface area (Å²) in [5.74, 6) is 1.60. The first kappa shape index (κ1) is 26.1. The summed E-state index contributed by atoms with van der Waals surface area (Å²) in [5, 5.41) is 2.56. The summed E-state index contributed by atoms with van der Waals surface area (Å²) in [5.41, 5.74) is 16.2. The van der Waals surface area contributed by atoms with Gasteiger partial charge in [0.15, 0.2) is 0 Å². The molecule has 0 aromatic heterocycles. The van der Waals surface area contributed by atoms with E-state index in [0.29, 0.717) is 23.7 Å². The van der Waals surface area contributed by atoms with Crippen molar-refractivity contribution in [1.82, 2.24) is 0 Å². The fourth-order valence-corrected chi connectivity index (χ4v) is 7.64. The Labute approximate surface area is 256 Å². The number of benzene rings is 3. The van der Waals surface area contributed by atoms with Crippen LogP contribution in [0.5, 0.6) is 0 Å². The summed E-state index contributed by atoms with van der Waals surface area (Å²) in [6.45, 7) is 9.24. The van der Waals surface area contributed by atoms with Crippen molar-refractivity contribution in [1.29, 1.82) is 0 Å². The third kappa shape index (κ3) is 4.22. The van der Waals surface area contributed by atoms with Crippen LogP contribution in [-0.4, -0.2) is 0 Å². The number of fused-ring (bicyclic) bond motifs is 2. The average Bonchev–Trinajstić information content (AvgIpc) is 3.27. The van der Waals surface area contributed by atoms with Gasteiger partial charge in [-0.05, 0) is 97.3 Å². The summed E-state index contributed by atoms with van der Waals surface area (Å²) in [7, 11) is 0. The van der Waals surface area contributed by atoms with Crippen molar-refractivity contribution in [2.45, 2.75) is 46.0 Å². The maximum Gasteiger partial charge on any atom is 0.0290 e. The largest absolute Gasteiger partial charge is 0.0801 e. The number of allylic oxidation sites excluding steroid dienone is 9. The lowest BCUT2D eigenvalue weighted by molar-refractivity contribution is 0.559. The SMILES string of the molecule is CC(C)C1=CC(c2ccc3ccc(-c4ccc5c(c4)CC=CC=C5)cc3c2)=C2C=Cc3c(C(C)C)c#cc4c3C2C1C=C4. The molecule has 0 spiro atoms. The highest BCUT2D eigenvalue weighted by Crippen LogP contribution is 2.54. The second-order valence-electron chi connectivity index (χ2n) is 13.1. The van der Waals surface area contributed by atoms with Crippen LogP contribution in [-0.2, 0) is 6.42 Å². The second-order valence-corrected chi connectivity index (χ2v) is 13.1. The molecule has 0 saturated heterocycles. The molecule has 8 rings (SSSR count). The smallest absolute Gasteiger partial charge is 0.0290 e. The zero-order valence-corrected chi connectivity index (χ0v) is 25.4. The monoisotopic (exact) mass is 552 g/mol. The molecule has 0 aliphatic heterocycles. The highest BCUT2D eigenvalue weighted by atomic mass is 14.4. The quantitative estimate of drug-likeness (QED) is 0.236. The molecule has 0 heterocycles. The summed E-state index contributed by atoms with van der Waals surface area (Å²) in [6.07, 6.45) is 21.7. The molecule has 0 heteroatoms. The molecule has 4 aliphatic carbocycles. The molecule has 2 atom stereocenters. The van der Waals surface area contributed by atoms with Crippen LogP contribution in [0.25, 0.3) is 45.7 Å². The van der Waals surface area contributed by atoms with Crippen LogP contribution in [0.15, 0.2) is 102 Å². The Morgan fingerprint density at radius 1 is 0.721 bits per heavy atom. The molecule has 0 amide bonds. The fourth-order valence-electron chi connectivity index (χ4n) is 7.64. The second kappa shape index (κ2) is 10.00. The highest BCUT2D eigenvalue weighted by Gasteiger charge is 2.39. The molecule has 0 fully saturated rings. The Kier molecular flexibility index (Phi) is 6.06. The number of rotatable bonds is 4. The lowest BCUT2D eigenvalue weighted by atomic mass is 9.62. The fraction of sp³-hybridized carbons (Fsp3) is 0.209. The molecule has 2 unspecified atom stereocenters. The van der Waals surface area contributed by atoms with Gasteiger partial charge in [0.1, 0.15) is 0 Å². The normalized spacial score (nSPS) is 19.4. The first-order valence-electron chi connectivity index (χ1n) is 15.8. The van der Waals surface area contributed by atoms with E-state index in [1.807, 2.05) is 0 Å². The minimum Gasteiger partial charge on any atom is -0.0801 e. The van der Waals surface area contributed by atoms with Gasteiger partial charge >= 0.3 is 0 Å². The van der Waals surface area contributed by atoms with Crippen LogP contribution in [0.1, 0.15) is 78.5 Å². The van der Waals surface area contributed by atoms with Crippen molar-refractivity contribution in [2.75, 3.05) is 0 Å². The van der Waals surface area contributed by atoms with Crippen LogP contribution in [0.3, 0.4) is 0 Å². The van der Waals surface area contributed by atoms with Crippen LogP contribution in [0, 0.1) is 24.0 Å². The Balaban J connectivity index is 1.27. The molecule has 0 bridgehead atoms. The molecule has 4 aliphatic rings. The van der Waals surface area contributed by atoms with Gasteiger partial charge in [0.2, 0.25) is 0 Å². The van der Waals surface area contributed by atoms with Gasteiger partial charge < -0.3 is 0 Å². The first-order valence-corrected chi connectivity index (χ1v) is 15.8. The third-order valence-corrected chi connectivity index (χ3v) is 9.85. The van der Waals surface area contributed by atoms with E-state index in [-0.39, 0.29) is 0 Å². The zero-order chi connectivity index (χ0) is 29.2. The number of hydrogen-bond acceptors (Lipinski definition) is 0. The van der Waals surface area contributed by atoms with Gasteiger partial charge in [0, 0.05) is 23.0 Å². The maximum absolute atomic E-state index is 3.54. The zero-order valence-electron chi connectivity index (χ0n) is 25.4. The Bertz CT molecular complexity index is 2000. The molecule has 208 valence electrons. The Hall–Kier alpha value is -4.60. The van der Waals surface area contributed by atoms with E-state index in [1.54, 1.807) is 0 Å².